The number of phenolic OH excluding ortho intramolecular Hbond substituents is 1. The molecule has 1 aromatic heterocycles. The fraction of sp³-hybridized carbons (Fsp3) is 0.630. The van der Waals surface area contributed by atoms with Crippen molar-refractivity contribution in [3.05, 3.63) is 39.7 Å². The number of hydrogen-bond donors (Lipinski definition) is 1. The standard InChI is InChI=1S/C27H38N2O5/c1-19-22-10-9-21(30)17-25(22)34-27(32)23(19)11-12-26(31)29(15-6-16-33-2)18-20-7-5-14-28-13-4-3-8-24(20)28/h9-10,17,20,24,30H,3-8,11-16,18H2,1-2H3. The zero-order valence-corrected chi connectivity index (χ0v) is 20.6. The molecule has 2 aliphatic rings. The molecule has 1 N–H and O–H groups in total. The Balaban J connectivity index is 1.46. The van der Waals surface area contributed by atoms with Crippen LogP contribution in [0.15, 0.2) is 27.4 Å². The van der Waals surface area contributed by atoms with Crippen LogP contribution in [-0.4, -0.2) is 66.8 Å². The van der Waals surface area contributed by atoms with Crippen LogP contribution in [0.3, 0.4) is 0 Å². The second-order valence-electron chi connectivity index (χ2n) is 9.86. The molecule has 0 spiro atoms. The zero-order valence-electron chi connectivity index (χ0n) is 20.6. The molecule has 0 saturated carbocycles. The highest BCUT2D eigenvalue weighted by Crippen LogP contribution is 2.32. The summed E-state index contributed by atoms with van der Waals surface area (Å²) in [7, 11) is 1.69. The first-order chi connectivity index (χ1) is 16.5. The third-order valence-corrected chi connectivity index (χ3v) is 7.67. The lowest BCUT2D eigenvalue weighted by atomic mass is 9.83. The fourth-order valence-electron chi connectivity index (χ4n) is 5.85. The molecule has 34 heavy (non-hydrogen) atoms. The first-order valence-corrected chi connectivity index (χ1v) is 12.7. The SMILES string of the molecule is COCCCN(CC1CCCN2CCCCC12)C(=O)CCc1c(C)c2ccc(O)cc2oc1=O. The number of rotatable bonds is 9. The van der Waals surface area contributed by atoms with Gasteiger partial charge in [-0.3, -0.25) is 4.79 Å². The van der Waals surface area contributed by atoms with Gasteiger partial charge in [0.15, 0.2) is 0 Å². The molecular formula is C27H38N2O5. The van der Waals surface area contributed by atoms with Gasteiger partial charge in [-0.25, -0.2) is 4.79 Å². The van der Waals surface area contributed by atoms with Crippen molar-refractivity contribution in [1.82, 2.24) is 9.80 Å². The van der Waals surface area contributed by atoms with Crippen LogP contribution in [0.1, 0.15) is 56.1 Å². The van der Waals surface area contributed by atoms with E-state index in [2.05, 4.69) is 4.90 Å². The average Bonchev–Trinajstić information content (AvgIpc) is 2.83. The van der Waals surface area contributed by atoms with E-state index in [-0.39, 0.29) is 18.1 Å². The van der Waals surface area contributed by atoms with Crippen LogP contribution in [0, 0.1) is 12.8 Å². The Morgan fingerprint density at radius 1 is 1.24 bits per heavy atom. The molecule has 7 nitrogen and oxygen atoms in total. The molecule has 4 rings (SSSR count). The number of nitrogens with zero attached hydrogens (tertiary/aromatic N) is 2. The van der Waals surface area contributed by atoms with Gasteiger partial charge >= 0.3 is 5.63 Å². The average molecular weight is 471 g/mol. The summed E-state index contributed by atoms with van der Waals surface area (Å²) in [4.78, 5) is 30.7. The third-order valence-electron chi connectivity index (χ3n) is 7.67. The van der Waals surface area contributed by atoms with E-state index in [9.17, 15) is 14.7 Å². The van der Waals surface area contributed by atoms with Crippen LogP contribution < -0.4 is 5.63 Å². The fourth-order valence-corrected chi connectivity index (χ4v) is 5.85. The van der Waals surface area contributed by atoms with Crippen molar-refractivity contribution in [2.24, 2.45) is 5.92 Å². The largest absolute Gasteiger partial charge is 0.508 e. The topological polar surface area (TPSA) is 83.2 Å². The lowest BCUT2D eigenvalue weighted by Crippen LogP contribution is -2.51. The van der Waals surface area contributed by atoms with Gasteiger partial charge in [0.1, 0.15) is 11.3 Å². The van der Waals surface area contributed by atoms with Gasteiger partial charge in [-0.1, -0.05) is 6.42 Å². The number of methoxy groups -OCH3 is 1. The Labute approximate surface area is 201 Å². The summed E-state index contributed by atoms with van der Waals surface area (Å²) < 4.78 is 10.7. The quantitative estimate of drug-likeness (QED) is 0.443. The number of benzene rings is 1. The Morgan fingerprint density at radius 3 is 2.88 bits per heavy atom. The monoisotopic (exact) mass is 470 g/mol. The van der Waals surface area contributed by atoms with Crippen LogP contribution in [0.2, 0.25) is 0 Å². The zero-order chi connectivity index (χ0) is 24.1. The van der Waals surface area contributed by atoms with Crippen molar-refractivity contribution in [3.63, 3.8) is 0 Å². The van der Waals surface area contributed by atoms with Crippen LogP contribution in [0.25, 0.3) is 11.0 Å². The number of phenols is 1. The van der Waals surface area contributed by atoms with E-state index in [1.165, 1.54) is 51.3 Å². The summed E-state index contributed by atoms with van der Waals surface area (Å²) in [5.74, 6) is 0.665. The number of aryl methyl sites for hydroxylation is 1. The molecule has 7 heteroatoms. The number of ether oxygens (including phenoxy) is 1. The smallest absolute Gasteiger partial charge is 0.339 e. The number of amides is 1. The summed E-state index contributed by atoms with van der Waals surface area (Å²) in [5.41, 5.74) is 1.29. The summed E-state index contributed by atoms with van der Waals surface area (Å²) in [6.07, 6.45) is 7.62. The minimum atomic E-state index is -0.431. The molecule has 2 aromatic rings. The number of hydrogen-bond acceptors (Lipinski definition) is 6. The molecule has 1 amide bonds. The highest BCUT2D eigenvalue weighted by Gasteiger charge is 2.34. The van der Waals surface area contributed by atoms with Crippen molar-refractivity contribution < 1.29 is 19.1 Å². The number of fused-ring (bicyclic) bond motifs is 2. The maximum atomic E-state index is 13.4. The predicted molar refractivity (Wildman–Crippen MR) is 132 cm³/mol. The molecule has 2 atom stereocenters. The first-order valence-electron chi connectivity index (χ1n) is 12.7. The van der Waals surface area contributed by atoms with Gasteiger partial charge in [0, 0.05) is 56.3 Å². The van der Waals surface area contributed by atoms with Gasteiger partial charge in [0.05, 0.1) is 0 Å². The van der Waals surface area contributed by atoms with E-state index in [0.717, 1.165) is 23.9 Å². The maximum Gasteiger partial charge on any atom is 0.339 e. The highest BCUT2D eigenvalue weighted by molar-refractivity contribution is 5.82. The van der Waals surface area contributed by atoms with Crippen molar-refractivity contribution >= 4 is 16.9 Å². The van der Waals surface area contributed by atoms with Gasteiger partial charge in [0.2, 0.25) is 5.91 Å². The van der Waals surface area contributed by atoms with E-state index >= 15 is 0 Å². The summed E-state index contributed by atoms with van der Waals surface area (Å²) in [6.45, 7) is 6.35. The van der Waals surface area contributed by atoms with Crippen molar-refractivity contribution in [1.29, 1.82) is 0 Å². The van der Waals surface area contributed by atoms with E-state index < -0.39 is 5.63 Å². The minimum Gasteiger partial charge on any atom is -0.508 e. The summed E-state index contributed by atoms with van der Waals surface area (Å²) in [6, 6.07) is 5.38. The molecule has 2 aliphatic heterocycles. The minimum absolute atomic E-state index is 0.0592. The van der Waals surface area contributed by atoms with E-state index in [0.29, 0.717) is 42.7 Å². The van der Waals surface area contributed by atoms with E-state index in [1.54, 1.807) is 19.2 Å². The predicted octanol–water partition coefficient (Wildman–Crippen LogP) is 3.87. The Bertz CT molecular complexity index is 1050. The van der Waals surface area contributed by atoms with E-state index in [4.69, 9.17) is 9.15 Å². The van der Waals surface area contributed by atoms with Crippen molar-refractivity contribution in [2.45, 2.75) is 64.3 Å². The second-order valence-corrected chi connectivity index (χ2v) is 9.86. The second kappa shape index (κ2) is 11.4. The maximum absolute atomic E-state index is 13.4. The lowest BCUT2D eigenvalue weighted by Gasteiger charge is -2.45. The molecular weight excluding hydrogens is 432 g/mol. The highest BCUT2D eigenvalue weighted by atomic mass is 16.5. The van der Waals surface area contributed by atoms with Crippen LogP contribution in [-0.2, 0) is 16.0 Å². The summed E-state index contributed by atoms with van der Waals surface area (Å²) in [5, 5.41) is 10.5. The molecule has 2 unspecified atom stereocenters. The summed E-state index contributed by atoms with van der Waals surface area (Å²) >= 11 is 0. The van der Waals surface area contributed by atoms with Crippen LogP contribution in [0.5, 0.6) is 5.75 Å². The van der Waals surface area contributed by atoms with Gasteiger partial charge in [0.25, 0.3) is 0 Å². The lowest BCUT2D eigenvalue weighted by molar-refractivity contribution is -0.132. The molecule has 186 valence electrons. The third kappa shape index (κ3) is 5.63. The number of aromatic hydroxyl groups is 1. The normalized spacial score (nSPS) is 20.9. The first kappa shape index (κ1) is 24.7. The van der Waals surface area contributed by atoms with Gasteiger partial charge in [-0.2, -0.15) is 0 Å². The van der Waals surface area contributed by atoms with Gasteiger partial charge in [-0.05, 0) is 82.2 Å². The Kier molecular flexibility index (Phi) is 8.27. The van der Waals surface area contributed by atoms with Crippen molar-refractivity contribution in [3.8, 4) is 5.75 Å². The van der Waals surface area contributed by atoms with Crippen LogP contribution >= 0.6 is 0 Å². The Morgan fingerprint density at radius 2 is 2.06 bits per heavy atom. The number of piperidine rings is 2. The Hall–Kier alpha value is -2.38. The van der Waals surface area contributed by atoms with Gasteiger partial charge in [-0.15, -0.1) is 0 Å². The van der Waals surface area contributed by atoms with Crippen LogP contribution in [0.4, 0.5) is 0 Å². The van der Waals surface area contributed by atoms with E-state index in [1.807, 2.05) is 11.8 Å². The molecule has 0 aliphatic carbocycles. The molecule has 3 heterocycles. The molecule has 0 bridgehead atoms. The van der Waals surface area contributed by atoms with Crippen molar-refractivity contribution in [2.75, 3.05) is 39.9 Å². The number of carbonyl (C=O) groups is 1. The molecule has 2 saturated heterocycles. The molecule has 0 radical (unpaired) electrons. The molecule has 2 fully saturated rings. The molecule has 1 aromatic carbocycles. The van der Waals surface area contributed by atoms with Gasteiger partial charge < -0.3 is 24.1 Å². The number of carbonyl (C=O) groups excluding carboxylic acids is 1.